The first-order valence-electron chi connectivity index (χ1n) is 6.43. The maximum atomic E-state index is 10.7. The molecule has 0 saturated heterocycles. The molecule has 0 aliphatic heterocycles. The van der Waals surface area contributed by atoms with E-state index >= 15 is 0 Å². The van der Waals surface area contributed by atoms with Crippen molar-refractivity contribution in [2.75, 3.05) is 7.05 Å². The molecule has 0 spiro atoms. The fourth-order valence-electron chi connectivity index (χ4n) is 1.77. The molecule has 3 nitrogen and oxygen atoms in total. The van der Waals surface area contributed by atoms with Gasteiger partial charge in [-0.25, -0.2) is 0 Å². The van der Waals surface area contributed by atoms with E-state index in [4.69, 9.17) is 0 Å². The van der Waals surface area contributed by atoms with Crippen molar-refractivity contribution in [1.29, 1.82) is 0 Å². The lowest BCUT2D eigenvalue weighted by atomic mass is 10.2. The van der Waals surface area contributed by atoms with Gasteiger partial charge in [0, 0.05) is 18.8 Å². The lowest BCUT2D eigenvalue weighted by Gasteiger charge is -2.07. The number of benzene rings is 1. The summed E-state index contributed by atoms with van der Waals surface area (Å²) in [6.45, 7) is 5.78. The third-order valence-electron chi connectivity index (χ3n) is 2.60. The van der Waals surface area contributed by atoms with Crippen molar-refractivity contribution in [2.24, 2.45) is 4.99 Å². The second-order valence-corrected chi connectivity index (χ2v) is 3.83. The van der Waals surface area contributed by atoms with E-state index in [9.17, 15) is 4.79 Å². The summed E-state index contributed by atoms with van der Waals surface area (Å²) >= 11 is 0. The van der Waals surface area contributed by atoms with Crippen LogP contribution in [0.15, 0.2) is 47.0 Å². The molecule has 0 bridgehead atoms. The topological polar surface area (TPSA) is 34.4 Å². The number of hydrogen-bond acceptors (Lipinski definition) is 2. The minimum atomic E-state index is 0.663. The Hall–Kier alpha value is -2.16. The van der Waals surface area contributed by atoms with E-state index in [2.05, 4.69) is 4.99 Å². The van der Waals surface area contributed by atoms with Gasteiger partial charge in [0.1, 0.15) is 11.8 Å². The summed E-state index contributed by atoms with van der Waals surface area (Å²) in [5.41, 5.74) is 2.53. The Bertz CT molecular complexity index is 651. The van der Waals surface area contributed by atoms with Crippen LogP contribution in [0.5, 0.6) is 0 Å². The van der Waals surface area contributed by atoms with Gasteiger partial charge in [-0.15, -0.1) is 0 Å². The van der Waals surface area contributed by atoms with Crippen LogP contribution < -0.4 is 5.49 Å². The van der Waals surface area contributed by atoms with Crippen molar-refractivity contribution in [3.05, 3.63) is 47.5 Å². The van der Waals surface area contributed by atoms with Crippen molar-refractivity contribution in [1.82, 2.24) is 4.57 Å². The predicted molar refractivity (Wildman–Crippen MR) is 80.8 cm³/mol. The smallest absolute Gasteiger partial charge is 0.147 e. The molecule has 0 aliphatic rings. The van der Waals surface area contributed by atoms with Gasteiger partial charge in [-0.1, -0.05) is 32.0 Å². The van der Waals surface area contributed by atoms with E-state index in [1.165, 1.54) is 0 Å². The second-order valence-electron chi connectivity index (χ2n) is 3.83. The molecule has 0 amide bonds. The first kappa shape index (κ1) is 14.9. The number of allylic oxidation sites excluding steroid dienone is 1. The van der Waals surface area contributed by atoms with E-state index in [-0.39, 0.29) is 0 Å². The third kappa shape index (κ3) is 3.41. The molecule has 2 rings (SSSR count). The molecular formula is C16H20N2O. The van der Waals surface area contributed by atoms with Crippen LogP contribution in [0.4, 0.5) is 0 Å². The summed E-state index contributed by atoms with van der Waals surface area (Å²) in [7, 11) is 1.74. The third-order valence-corrected chi connectivity index (χ3v) is 2.60. The van der Waals surface area contributed by atoms with Crippen molar-refractivity contribution < 1.29 is 4.79 Å². The highest BCUT2D eigenvalue weighted by Gasteiger charge is 1.98. The van der Waals surface area contributed by atoms with Gasteiger partial charge >= 0.3 is 0 Å². The van der Waals surface area contributed by atoms with E-state index in [0.717, 1.165) is 22.7 Å². The SMILES string of the molecule is CC.CN=c1ccc2ccccc2n1/C=C(/C)C=O. The van der Waals surface area contributed by atoms with Crippen LogP contribution in [0.3, 0.4) is 0 Å². The summed E-state index contributed by atoms with van der Waals surface area (Å²) in [5.74, 6) is 0. The minimum absolute atomic E-state index is 0.663. The van der Waals surface area contributed by atoms with Crippen LogP contribution in [0.25, 0.3) is 17.1 Å². The van der Waals surface area contributed by atoms with Gasteiger partial charge in [0.05, 0.1) is 5.52 Å². The quantitative estimate of drug-likeness (QED) is 0.600. The molecule has 0 N–H and O–H groups in total. The van der Waals surface area contributed by atoms with Crippen LogP contribution in [0.1, 0.15) is 20.8 Å². The van der Waals surface area contributed by atoms with Gasteiger partial charge in [0.15, 0.2) is 0 Å². The van der Waals surface area contributed by atoms with Gasteiger partial charge in [-0.3, -0.25) is 9.79 Å². The summed E-state index contributed by atoms with van der Waals surface area (Å²) in [6, 6.07) is 12.0. The summed E-state index contributed by atoms with van der Waals surface area (Å²) in [4.78, 5) is 14.9. The largest absolute Gasteiger partial charge is 0.301 e. The highest BCUT2D eigenvalue weighted by molar-refractivity contribution is 5.83. The number of fused-ring (bicyclic) bond motifs is 1. The number of aldehydes is 1. The van der Waals surface area contributed by atoms with E-state index in [1.54, 1.807) is 20.2 Å². The van der Waals surface area contributed by atoms with E-state index in [0.29, 0.717) is 5.57 Å². The molecule has 19 heavy (non-hydrogen) atoms. The molecule has 0 fully saturated rings. The van der Waals surface area contributed by atoms with Gasteiger partial charge in [-0.2, -0.15) is 0 Å². The van der Waals surface area contributed by atoms with Crippen LogP contribution in [-0.4, -0.2) is 17.9 Å². The Morgan fingerprint density at radius 1 is 1.16 bits per heavy atom. The van der Waals surface area contributed by atoms with Gasteiger partial charge in [-0.05, 0) is 30.5 Å². The molecule has 0 aliphatic carbocycles. The molecular weight excluding hydrogens is 236 g/mol. The van der Waals surface area contributed by atoms with E-state index < -0.39 is 0 Å². The highest BCUT2D eigenvalue weighted by atomic mass is 16.1. The zero-order valence-corrected chi connectivity index (χ0v) is 11.9. The Morgan fingerprint density at radius 2 is 1.84 bits per heavy atom. The molecule has 1 heterocycles. The molecule has 0 radical (unpaired) electrons. The zero-order valence-electron chi connectivity index (χ0n) is 11.9. The van der Waals surface area contributed by atoms with Gasteiger partial charge in [0.2, 0.25) is 0 Å². The first-order valence-corrected chi connectivity index (χ1v) is 6.43. The summed E-state index contributed by atoms with van der Waals surface area (Å²) in [6.07, 6.45) is 2.64. The summed E-state index contributed by atoms with van der Waals surface area (Å²) in [5, 5.41) is 1.12. The Labute approximate surface area is 113 Å². The van der Waals surface area contributed by atoms with Gasteiger partial charge in [0.25, 0.3) is 0 Å². The number of pyridine rings is 1. The molecule has 3 heteroatoms. The Morgan fingerprint density at radius 3 is 2.47 bits per heavy atom. The molecule has 0 saturated carbocycles. The standard InChI is InChI=1S/C14H14N2O.C2H6/c1-11(10-17)9-16-13-6-4-3-5-12(13)7-8-14(16)15-2;1-2/h3-10H,1-2H3;1-2H3/b11-9-,15-14?;. The van der Waals surface area contributed by atoms with Crippen LogP contribution >= 0.6 is 0 Å². The average molecular weight is 256 g/mol. The lowest BCUT2D eigenvalue weighted by Crippen LogP contribution is -2.16. The van der Waals surface area contributed by atoms with Crippen molar-refractivity contribution in [2.45, 2.75) is 20.8 Å². The molecule has 0 unspecified atom stereocenters. The number of aromatic nitrogens is 1. The lowest BCUT2D eigenvalue weighted by molar-refractivity contribution is -0.104. The summed E-state index contributed by atoms with van der Waals surface area (Å²) < 4.78 is 1.93. The molecule has 2 aromatic rings. The van der Waals surface area contributed by atoms with Crippen LogP contribution in [-0.2, 0) is 4.79 Å². The molecule has 1 aromatic heterocycles. The molecule has 100 valence electrons. The fourth-order valence-corrected chi connectivity index (χ4v) is 1.77. The number of rotatable bonds is 2. The number of hydrogen-bond donors (Lipinski definition) is 0. The van der Waals surface area contributed by atoms with Crippen molar-refractivity contribution >= 4 is 23.4 Å². The molecule has 0 atom stereocenters. The number of nitrogens with zero attached hydrogens (tertiary/aromatic N) is 2. The minimum Gasteiger partial charge on any atom is -0.301 e. The zero-order chi connectivity index (χ0) is 14.3. The average Bonchev–Trinajstić information content (AvgIpc) is 2.49. The van der Waals surface area contributed by atoms with Crippen molar-refractivity contribution in [3.63, 3.8) is 0 Å². The Balaban J connectivity index is 0.000000861. The monoisotopic (exact) mass is 256 g/mol. The Kier molecular flexibility index (Phi) is 5.73. The first-order chi connectivity index (χ1) is 9.26. The molecule has 1 aromatic carbocycles. The number of carbonyl (C=O) groups excluding carboxylic acids is 1. The van der Waals surface area contributed by atoms with Crippen molar-refractivity contribution in [3.8, 4) is 0 Å². The second kappa shape index (κ2) is 7.31. The number of carbonyl (C=O) groups is 1. The van der Waals surface area contributed by atoms with Gasteiger partial charge < -0.3 is 4.57 Å². The maximum Gasteiger partial charge on any atom is 0.147 e. The maximum absolute atomic E-state index is 10.7. The van der Waals surface area contributed by atoms with E-state index in [1.807, 2.05) is 54.8 Å². The normalized spacial score (nSPS) is 12.0. The number of para-hydroxylation sites is 1. The van der Waals surface area contributed by atoms with Crippen LogP contribution in [0, 0.1) is 0 Å². The predicted octanol–water partition coefficient (Wildman–Crippen LogP) is 3.26. The fraction of sp³-hybridized carbons (Fsp3) is 0.250. The van der Waals surface area contributed by atoms with Crippen LogP contribution in [0.2, 0.25) is 0 Å². The highest BCUT2D eigenvalue weighted by Crippen LogP contribution is 2.11.